The molecule has 0 aromatic heterocycles. The van der Waals surface area contributed by atoms with Gasteiger partial charge in [-0.05, 0) is 12.1 Å². The van der Waals surface area contributed by atoms with Crippen LogP contribution in [0.4, 0.5) is 4.39 Å². The lowest BCUT2D eigenvalue weighted by Gasteiger charge is -2.04. The molecule has 0 spiro atoms. The third-order valence-corrected chi connectivity index (χ3v) is 1.85. The van der Waals surface area contributed by atoms with Gasteiger partial charge in [0.1, 0.15) is 6.61 Å². The second kappa shape index (κ2) is 5.62. The molecule has 14 heavy (non-hydrogen) atoms. The van der Waals surface area contributed by atoms with Gasteiger partial charge in [-0.25, -0.2) is 4.39 Å². The van der Waals surface area contributed by atoms with Gasteiger partial charge >= 0.3 is 0 Å². The molecule has 2 N–H and O–H groups in total. The van der Waals surface area contributed by atoms with E-state index in [-0.39, 0.29) is 17.4 Å². The molecule has 0 aliphatic rings. The minimum atomic E-state index is -0.532. The lowest BCUT2D eigenvalue weighted by atomic mass is 10.3. The summed E-state index contributed by atoms with van der Waals surface area (Å²) in [4.78, 5) is 0. The Labute approximate surface area is 87.1 Å². The smallest absolute Gasteiger partial charge is 0.183 e. The predicted octanol–water partition coefficient (Wildman–Crippen LogP) is 2.37. The first kappa shape index (κ1) is 11.0. The summed E-state index contributed by atoms with van der Waals surface area (Å²) in [5, 5.41) is 0.0605. The Balaban J connectivity index is 2.59. The van der Waals surface area contributed by atoms with Gasteiger partial charge in [0.2, 0.25) is 0 Å². The molecule has 0 saturated heterocycles. The average molecular weight is 216 g/mol. The quantitative estimate of drug-likeness (QED) is 0.783. The molecule has 0 unspecified atom stereocenters. The Kier molecular flexibility index (Phi) is 4.43. The lowest BCUT2D eigenvalue weighted by Crippen LogP contribution is -1.98. The van der Waals surface area contributed by atoms with Crippen LogP contribution < -0.4 is 10.5 Å². The van der Waals surface area contributed by atoms with Crippen molar-refractivity contribution in [3.8, 4) is 5.75 Å². The van der Waals surface area contributed by atoms with E-state index in [9.17, 15) is 4.39 Å². The minimum absolute atomic E-state index is 0.0605. The molecule has 1 rings (SSSR count). The molecule has 0 saturated carbocycles. The van der Waals surface area contributed by atoms with Crippen molar-refractivity contribution in [3.63, 3.8) is 0 Å². The number of ether oxygens (including phenoxy) is 1. The predicted molar refractivity (Wildman–Crippen MR) is 55.1 cm³/mol. The van der Waals surface area contributed by atoms with Crippen molar-refractivity contribution < 1.29 is 9.13 Å². The molecule has 0 atom stereocenters. The Morgan fingerprint density at radius 2 is 2.21 bits per heavy atom. The molecule has 0 amide bonds. The largest absolute Gasteiger partial charge is 0.486 e. The van der Waals surface area contributed by atoms with E-state index in [4.69, 9.17) is 22.1 Å². The third kappa shape index (κ3) is 3.01. The first-order chi connectivity index (χ1) is 6.75. The summed E-state index contributed by atoms with van der Waals surface area (Å²) in [6.45, 7) is 0.732. The molecule has 1 aromatic rings. The van der Waals surface area contributed by atoms with Gasteiger partial charge in [-0.15, -0.1) is 0 Å². The zero-order chi connectivity index (χ0) is 10.4. The second-order valence-corrected chi connectivity index (χ2v) is 2.98. The number of benzene rings is 1. The van der Waals surface area contributed by atoms with Gasteiger partial charge in [-0.2, -0.15) is 0 Å². The average Bonchev–Trinajstić information content (AvgIpc) is 2.19. The van der Waals surface area contributed by atoms with Crippen molar-refractivity contribution in [2.45, 2.75) is 0 Å². The molecule has 1 aromatic carbocycles. The van der Waals surface area contributed by atoms with E-state index in [0.29, 0.717) is 6.54 Å². The molecule has 0 bridgehead atoms. The summed E-state index contributed by atoms with van der Waals surface area (Å²) in [6.07, 6.45) is 3.46. The van der Waals surface area contributed by atoms with E-state index in [0.717, 1.165) is 0 Å². The van der Waals surface area contributed by atoms with Gasteiger partial charge in [0, 0.05) is 6.54 Å². The summed E-state index contributed by atoms with van der Waals surface area (Å²) < 4.78 is 18.3. The van der Waals surface area contributed by atoms with Gasteiger partial charge in [0.15, 0.2) is 11.6 Å². The normalized spacial score (nSPS) is 10.8. The highest BCUT2D eigenvalue weighted by Crippen LogP contribution is 2.23. The fourth-order valence-electron chi connectivity index (χ4n) is 0.898. The first-order valence-electron chi connectivity index (χ1n) is 4.17. The SMILES string of the molecule is NC/C=C/COc1cccc(Cl)c1F. The fourth-order valence-corrected chi connectivity index (χ4v) is 1.06. The molecule has 76 valence electrons. The van der Waals surface area contributed by atoms with Crippen molar-refractivity contribution >= 4 is 11.6 Å². The summed E-state index contributed by atoms with van der Waals surface area (Å²) in [6, 6.07) is 4.63. The van der Waals surface area contributed by atoms with Crippen LogP contribution in [0.1, 0.15) is 0 Å². The van der Waals surface area contributed by atoms with E-state index < -0.39 is 5.82 Å². The van der Waals surface area contributed by atoms with Gasteiger partial charge in [0.25, 0.3) is 0 Å². The Hall–Kier alpha value is -1.06. The van der Waals surface area contributed by atoms with Gasteiger partial charge in [-0.3, -0.25) is 0 Å². The van der Waals surface area contributed by atoms with Crippen LogP contribution in [0.2, 0.25) is 5.02 Å². The monoisotopic (exact) mass is 215 g/mol. The lowest BCUT2D eigenvalue weighted by molar-refractivity contribution is 0.341. The zero-order valence-electron chi connectivity index (χ0n) is 7.54. The van der Waals surface area contributed by atoms with Crippen LogP contribution in [0.25, 0.3) is 0 Å². The van der Waals surface area contributed by atoms with Crippen LogP contribution in [-0.4, -0.2) is 13.2 Å². The van der Waals surface area contributed by atoms with Crippen LogP contribution in [-0.2, 0) is 0 Å². The van der Waals surface area contributed by atoms with E-state index in [1.165, 1.54) is 12.1 Å². The fraction of sp³-hybridized carbons (Fsp3) is 0.200. The number of hydrogen-bond acceptors (Lipinski definition) is 2. The molecular weight excluding hydrogens is 205 g/mol. The van der Waals surface area contributed by atoms with Crippen molar-refractivity contribution in [2.75, 3.05) is 13.2 Å². The molecular formula is C10H11ClFNO. The number of hydrogen-bond donors (Lipinski definition) is 1. The van der Waals surface area contributed by atoms with E-state index in [1.807, 2.05) is 0 Å². The highest BCUT2D eigenvalue weighted by Gasteiger charge is 2.05. The maximum Gasteiger partial charge on any atom is 0.183 e. The highest BCUT2D eigenvalue weighted by molar-refractivity contribution is 6.30. The summed E-state index contributed by atoms with van der Waals surface area (Å²) in [5.74, 6) is -0.380. The van der Waals surface area contributed by atoms with Crippen molar-refractivity contribution in [3.05, 3.63) is 41.2 Å². The maximum absolute atomic E-state index is 13.2. The van der Waals surface area contributed by atoms with Gasteiger partial charge < -0.3 is 10.5 Å². The van der Waals surface area contributed by atoms with Crippen molar-refractivity contribution in [1.82, 2.24) is 0 Å². The van der Waals surface area contributed by atoms with Crippen LogP contribution in [0.3, 0.4) is 0 Å². The highest BCUT2D eigenvalue weighted by atomic mass is 35.5. The number of halogens is 2. The third-order valence-electron chi connectivity index (χ3n) is 1.55. The van der Waals surface area contributed by atoms with Crippen molar-refractivity contribution in [2.24, 2.45) is 5.73 Å². The van der Waals surface area contributed by atoms with Gasteiger partial charge in [0.05, 0.1) is 5.02 Å². The van der Waals surface area contributed by atoms with Gasteiger partial charge in [-0.1, -0.05) is 29.8 Å². The number of rotatable bonds is 4. The molecule has 0 aliphatic heterocycles. The summed E-state index contributed by atoms with van der Waals surface area (Å²) >= 11 is 5.56. The molecule has 0 heterocycles. The molecule has 4 heteroatoms. The zero-order valence-corrected chi connectivity index (χ0v) is 8.30. The van der Waals surface area contributed by atoms with Crippen LogP contribution in [0.5, 0.6) is 5.75 Å². The summed E-state index contributed by atoms with van der Waals surface area (Å²) in [5.41, 5.74) is 5.22. The minimum Gasteiger partial charge on any atom is -0.486 e. The van der Waals surface area contributed by atoms with Crippen LogP contribution >= 0.6 is 11.6 Å². The van der Waals surface area contributed by atoms with E-state index >= 15 is 0 Å². The standard InChI is InChI=1S/C10H11ClFNO/c11-8-4-3-5-9(10(8)12)14-7-2-1-6-13/h1-5H,6-7,13H2/b2-1+. The van der Waals surface area contributed by atoms with Crippen LogP contribution in [0.15, 0.2) is 30.4 Å². The Morgan fingerprint density at radius 1 is 1.43 bits per heavy atom. The van der Waals surface area contributed by atoms with E-state index in [1.54, 1.807) is 18.2 Å². The van der Waals surface area contributed by atoms with Crippen molar-refractivity contribution in [1.29, 1.82) is 0 Å². The molecule has 2 nitrogen and oxygen atoms in total. The second-order valence-electron chi connectivity index (χ2n) is 2.57. The number of nitrogens with two attached hydrogens (primary N) is 1. The van der Waals surface area contributed by atoms with E-state index in [2.05, 4.69) is 0 Å². The molecule has 0 fully saturated rings. The Morgan fingerprint density at radius 3 is 2.93 bits per heavy atom. The summed E-state index contributed by atoms with van der Waals surface area (Å²) in [7, 11) is 0. The molecule has 0 radical (unpaired) electrons. The topological polar surface area (TPSA) is 35.2 Å². The van der Waals surface area contributed by atoms with Crippen LogP contribution in [0, 0.1) is 5.82 Å². The maximum atomic E-state index is 13.2. The molecule has 0 aliphatic carbocycles. The first-order valence-corrected chi connectivity index (χ1v) is 4.55. The Bertz CT molecular complexity index is 328.